The highest BCUT2D eigenvalue weighted by molar-refractivity contribution is 5.73. The van der Waals surface area contributed by atoms with Crippen LogP contribution in [0.15, 0.2) is 6.07 Å². The molecule has 0 fully saturated rings. The molecular weight excluding hydrogens is 206 g/mol. The first-order valence-electron chi connectivity index (χ1n) is 5.21. The second-order valence-corrected chi connectivity index (χ2v) is 4.03. The molecule has 0 amide bonds. The SMILES string of the molecule is Cc1cc(N(CC(=O)O)C(C)C)nc(C)n1. The third-order valence-corrected chi connectivity index (χ3v) is 2.18. The van der Waals surface area contributed by atoms with Gasteiger partial charge in [0.1, 0.15) is 18.2 Å². The lowest BCUT2D eigenvalue weighted by atomic mass is 10.3. The molecule has 0 saturated carbocycles. The van der Waals surface area contributed by atoms with Gasteiger partial charge in [-0.05, 0) is 27.7 Å². The molecule has 1 rings (SSSR count). The molecule has 5 heteroatoms. The normalized spacial score (nSPS) is 10.6. The molecule has 5 nitrogen and oxygen atoms in total. The van der Waals surface area contributed by atoms with E-state index in [0.717, 1.165) is 5.69 Å². The zero-order chi connectivity index (χ0) is 12.3. The number of hydrogen-bond donors (Lipinski definition) is 1. The van der Waals surface area contributed by atoms with Crippen LogP contribution in [0.1, 0.15) is 25.4 Å². The first-order chi connectivity index (χ1) is 7.40. The van der Waals surface area contributed by atoms with Crippen molar-refractivity contribution in [2.45, 2.75) is 33.7 Å². The van der Waals surface area contributed by atoms with Crippen LogP contribution < -0.4 is 4.90 Å². The van der Waals surface area contributed by atoms with Gasteiger partial charge < -0.3 is 10.0 Å². The van der Waals surface area contributed by atoms with Crippen LogP contribution in [0.4, 0.5) is 5.82 Å². The van der Waals surface area contributed by atoms with Gasteiger partial charge in [-0.1, -0.05) is 0 Å². The van der Waals surface area contributed by atoms with Crippen LogP contribution in [-0.2, 0) is 4.79 Å². The molecule has 0 aliphatic rings. The number of aromatic nitrogens is 2. The smallest absolute Gasteiger partial charge is 0.323 e. The summed E-state index contributed by atoms with van der Waals surface area (Å²) in [5.41, 5.74) is 0.846. The Hall–Kier alpha value is -1.65. The van der Waals surface area contributed by atoms with E-state index in [2.05, 4.69) is 9.97 Å². The Labute approximate surface area is 95.1 Å². The van der Waals surface area contributed by atoms with Gasteiger partial charge in [-0.15, -0.1) is 0 Å². The predicted molar refractivity (Wildman–Crippen MR) is 61.6 cm³/mol. The predicted octanol–water partition coefficient (Wildman–Crippen LogP) is 1.39. The number of carboxylic acid groups (broad SMARTS) is 1. The van der Waals surface area contributed by atoms with Gasteiger partial charge in [-0.2, -0.15) is 0 Å². The zero-order valence-corrected chi connectivity index (χ0v) is 10.1. The summed E-state index contributed by atoms with van der Waals surface area (Å²) in [5.74, 6) is 0.469. The Bertz CT molecular complexity index is 371. The van der Waals surface area contributed by atoms with E-state index in [1.165, 1.54) is 0 Å². The van der Waals surface area contributed by atoms with Crippen molar-refractivity contribution >= 4 is 11.8 Å². The molecule has 88 valence electrons. The molecule has 16 heavy (non-hydrogen) atoms. The second-order valence-electron chi connectivity index (χ2n) is 4.03. The van der Waals surface area contributed by atoms with Gasteiger partial charge >= 0.3 is 5.97 Å². The molecule has 0 aliphatic carbocycles. The summed E-state index contributed by atoms with van der Waals surface area (Å²) in [5, 5.41) is 8.85. The number of rotatable bonds is 4. The summed E-state index contributed by atoms with van der Waals surface area (Å²) < 4.78 is 0. The standard InChI is InChI=1S/C11H17N3O2/c1-7(2)14(6-11(15)16)10-5-8(3)12-9(4)13-10/h5,7H,6H2,1-4H3,(H,15,16). The van der Waals surface area contributed by atoms with Crippen molar-refractivity contribution in [1.82, 2.24) is 9.97 Å². The van der Waals surface area contributed by atoms with Crippen LogP contribution in [0.5, 0.6) is 0 Å². The average molecular weight is 223 g/mol. The monoisotopic (exact) mass is 223 g/mol. The third kappa shape index (κ3) is 3.18. The van der Waals surface area contributed by atoms with Gasteiger partial charge in [0.25, 0.3) is 0 Å². The molecule has 0 spiro atoms. The van der Waals surface area contributed by atoms with Crippen molar-refractivity contribution in [3.63, 3.8) is 0 Å². The van der Waals surface area contributed by atoms with Gasteiger partial charge in [0.15, 0.2) is 0 Å². The summed E-state index contributed by atoms with van der Waals surface area (Å²) in [4.78, 5) is 20.9. The summed E-state index contributed by atoms with van der Waals surface area (Å²) in [6.07, 6.45) is 0. The van der Waals surface area contributed by atoms with E-state index in [4.69, 9.17) is 5.11 Å². The van der Waals surface area contributed by atoms with Crippen LogP contribution >= 0.6 is 0 Å². The number of carboxylic acids is 1. The fourth-order valence-corrected chi connectivity index (χ4v) is 1.52. The molecule has 1 heterocycles. The van der Waals surface area contributed by atoms with Crippen LogP contribution in [0, 0.1) is 13.8 Å². The Morgan fingerprint density at radius 2 is 2.06 bits per heavy atom. The summed E-state index contributed by atoms with van der Waals surface area (Å²) >= 11 is 0. The molecule has 0 atom stereocenters. The minimum atomic E-state index is -0.859. The van der Waals surface area contributed by atoms with Crippen LogP contribution in [0.2, 0.25) is 0 Å². The fourth-order valence-electron chi connectivity index (χ4n) is 1.52. The Balaban J connectivity index is 3.05. The van der Waals surface area contributed by atoms with E-state index in [0.29, 0.717) is 11.6 Å². The lowest BCUT2D eigenvalue weighted by Gasteiger charge is -2.26. The van der Waals surface area contributed by atoms with E-state index in [-0.39, 0.29) is 12.6 Å². The van der Waals surface area contributed by atoms with Gasteiger partial charge in [-0.25, -0.2) is 9.97 Å². The topological polar surface area (TPSA) is 66.3 Å². The minimum Gasteiger partial charge on any atom is -0.480 e. The summed E-state index contributed by atoms with van der Waals surface area (Å²) in [7, 11) is 0. The van der Waals surface area contributed by atoms with E-state index >= 15 is 0 Å². The molecule has 1 aromatic rings. The molecule has 0 saturated heterocycles. The Morgan fingerprint density at radius 3 is 2.50 bits per heavy atom. The molecule has 0 aliphatic heterocycles. The van der Waals surface area contributed by atoms with Crippen molar-refractivity contribution in [3.8, 4) is 0 Å². The molecule has 0 aromatic carbocycles. The number of hydrogen-bond acceptors (Lipinski definition) is 4. The summed E-state index contributed by atoms with van der Waals surface area (Å²) in [6.45, 7) is 7.51. The number of carbonyl (C=O) groups is 1. The molecular formula is C11H17N3O2. The van der Waals surface area contributed by atoms with E-state index in [1.54, 1.807) is 17.9 Å². The Morgan fingerprint density at radius 1 is 1.44 bits per heavy atom. The number of nitrogens with zero attached hydrogens (tertiary/aromatic N) is 3. The van der Waals surface area contributed by atoms with Crippen molar-refractivity contribution in [2.24, 2.45) is 0 Å². The maximum absolute atomic E-state index is 10.8. The van der Waals surface area contributed by atoms with E-state index in [9.17, 15) is 4.79 Å². The molecule has 1 aromatic heterocycles. The van der Waals surface area contributed by atoms with Gasteiger partial charge in [0.2, 0.25) is 0 Å². The molecule has 0 unspecified atom stereocenters. The lowest BCUT2D eigenvalue weighted by molar-refractivity contribution is -0.135. The largest absolute Gasteiger partial charge is 0.480 e. The highest BCUT2D eigenvalue weighted by Gasteiger charge is 2.16. The first-order valence-corrected chi connectivity index (χ1v) is 5.21. The fraction of sp³-hybridized carbons (Fsp3) is 0.545. The third-order valence-electron chi connectivity index (χ3n) is 2.18. The molecule has 0 bridgehead atoms. The highest BCUT2D eigenvalue weighted by atomic mass is 16.4. The lowest BCUT2D eigenvalue weighted by Crippen LogP contribution is -2.36. The highest BCUT2D eigenvalue weighted by Crippen LogP contribution is 2.15. The van der Waals surface area contributed by atoms with Crippen molar-refractivity contribution < 1.29 is 9.90 Å². The number of aryl methyl sites for hydroxylation is 2. The van der Waals surface area contributed by atoms with Crippen LogP contribution in [0.3, 0.4) is 0 Å². The quantitative estimate of drug-likeness (QED) is 0.835. The zero-order valence-electron chi connectivity index (χ0n) is 10.1. The maximum Gasteiger partial charge on any atom is 0.323 e. The van der Waals surface area contributed by atoms with E-state index < -0.39 is 5.97 Å². The first kappa shape index (κ1) is 12.4. The Kier molecular flexibility index (Phi) is 3.82. The van der Waals surface area contributed by atoms with Crippen molar-refractivity contribution in [3.05, 3.63) is 17.6 Å². The van der Waals surface area contributed by atoms with Gasteiger partial charge in [-0.3, -0.25) is 4.79 Å². The molecule has 0 radical (unpaired) electrons. The van der Waals surface area contributed by atoms with Crippen LogP contribution in [0.25, 0.3) is 0 Å². The number of anilines is 1. The minimum absolute atomic E-state index is 0.0481. The van der Waals surface area contributed by atoms with Crippen molar-refractivity contribution in [2.75, 3.05) is 11.4 Å². The van der Waals surface area contributed by atoms with E-state index in [1.807, 2.05) is 20.8 Å². The van der Waals surface area contributed by atoms with Crippen LogP contribution in [-0.4, -0.2) is 33.6 Å². The van der Waals surface area contributed by atoms with Crippen molar-refractivity contribution in [1.29, 1.82) is 0 Å². The number of aliphatic carboxylic acids is 1. The molecule has 1 N–H and O–H groups in total. The van der Waals surface area contributed by atoms with Gasteiger partial charge in [0.05, 0.1) is 0 Å². The summed E-state index contributed by atoms with van der Waals surface area (Å²) in [6, 6.07) is 1.89. The maximum atomic E-state index is 10.8. The van der Waals surface area contributed by atoms with Gasteiger partial charge in [0, 0.05) is 17.8 Å². The average Bonchev–Trinajstić information content (AvgIpc) is 2.11. The second kappa shape index (κ2) is 4.92.